The molecule has 2 aromatic rings. The lowest BCUT2D eigenvalue weighted by Crippen LogP contribution is -2.10. The summed E-state index contributed by atoms with van der Waals surface area (Å²) < 4.78 is 5.29. The molecule has 0 spiro atoms. The van der Waals surface area contributed by atoms with E-state index in [1.165, 1.54) is 0 Å². The molecule has 0 bridgehead atoms. The van der Waals surface area contributed by atoms with Crippen LogP contribution in [0.15, 0.2) is 42.5 Å². The number of phenols is 1. The molecular formula is C15H14O3. The topological polar surface area (TPSA) is 46.5 Å². The number of hydrogen-bond donors (Lipinski definition) is 1. The minimum absolute atomic E-state index is 0.116. The van der Waals surface area contributed by atoms with Crippen LogP contribution in [0.3, 0.4) is 0 Å². The van der Waals surface area contributed by atoms with Gasteiger partial charge in [0.05, 0.1) is 5.56 Å². The van der Waals surface area contributed by atoms with Crippen LogP contribution < -0.4 is 4.74 Å². The maximum absolute atomic E-state index is 12.0. The summed E-state index contributed by atoms with van der Waals surface area (Å²) in [4.78, 5) is 12.0. The molecule has 0 radical (unpaired) electrons. The van der Waals surface area contributed by atoms with Crippen LogP contribution in [0.5, 0.6) is 11.5 Å². The molecule has 0 heterocycles. The van der Waals surface area contributed by atoms with Crippen LogP contribution in [0, 0.1) is 13.8 Å². The molecule has 3 nitrogen and oxygen atoms in total. The van der Waals surface area contributed by atoms with E-state index in [-0.39, 0.29) is 5.75 Å². The van der Waals surface area contributed by atoms with Crippen LogP contribution in [0.4, 0.5) is 0 Å². The predicted molar refractivity (Wildman–Crippen MR) is 69.0 cm³/mol. The van der Waals surface area contributed by atoms with Crippen molar-refractivity contribution in [2.75, 3.05) is 0 Å². The van der Waals surface area contributed by atoms with Crippen molar-refractivity contribution < 1.29 is 14.6 Å². The van der Waals surface area contributed by atoms with Gasteiger partial charge in [-0.3, -0.25) is 0 Å². The zero-order valence-electron chi connectivity index (χ0n) is 10.3. The fourth-order valence-electron chi connectivity index (χ4n) is 1.67. The van der Waals surface area contributed by atoms with Crippen LogP contribution >= 0.6 is 0 Å². The van der Waals surface area contributed by atoms with E-state index >= 15 is 0 Å². The van der Waals surface area contributed by atoms with Gasteiger partial charge in [-0.05, 0) is 37.6 Å². The Bertz CT molecular complexity index is 588. The van der Waals surface area contributed by atoms with E-state index < -0.39 is 5.97 Å². The first-order valence-corrected chi connectivity index (χ1v) is 5.66. The van der Waals surface area contributed by atoms with Crippen LogP contribution in [0.1, 0.15) is 21.5 Å². The summed E-state index contributed by atoms with van der Waals surface area (Å²) in [6.45, 7) is 3.56. The highest BCUT2D eigenvalue weighted by Gasteiger charge is 2.13. The van der Waals surface area contributed by atoms with Crippen molar-refractivity contribution in [2.45, 2.75) is 13.8 Å². The van der Waals surface area contributed by atoms with Crippen molar-refractivity contribution in [3.05, 3.63) is 59.2 Å². The molecule has 0 amide bonds. The molecule has 2 rings (SSSR count). The molecule has 92 valence electrons. The predicted octanol–water partition coefficient (Wildman–Crippen LogP) is 3.23. The van der Waals surface area contributed by atoms with E-state index in [4.69, 9.17) is 4.74 Å². The Morgan fingerprint density at radius 1 is 1.06 bits per heavy atom. The largest absolute Gasteiger partial charge is 0.508 e. The van der Waals surface area contributed by atoms with Crippen molar-refractivity contribution in [1.82, 2.24) is 0 Å². The molecule has 18 heavy (non-hydrogen) atoms. The van der Waals surface area contributed by atoms with Crippen LogP contribution in [0.25, 0.3) is 0 Å². The van der Waals surface area contributed by atoms with Gasteiger partial charge in [0.2, 0.25) is 0 Å². The summed E-state index contributed by atoms with van der Waals surface area (Å²) >= 11 is 0. The van der Waals surface area contributed by atoms with Gasteiger partial charge in [-0.1, -0.05) is 24.3 Å². The third kappa shape index (κ3) is 2.35. The van der Waals surface area contributed by atoms with Gasteiger partial charge in [-0.25, -0.2) is 4.79 Å². The molecule has 0 saturated carbocycles. The number of aryl methyl sites for hydroxylation is 1. The Morgan fingerprint density at radius 3 is 2.50 bits per heavy atom. The molecule has 0 unspecified atom stereocenters. The summed E-state index contributed by atoms with van der Waals surface area (Å²) in [6.07, 6.45) is 0. The molecule has 0 fully saturated rings. The standard InChI is InChI=1S/C15H14O3/c1-10-6-3-4-7-12(10)15(17)18-14-9-5-8-13(16)11(14)2/h3-9,16H,1-2H3. The molecule has 2 aromatic carbocycles. The Morgan fingerprint density at radius 2 is 1.78 bits per heavy atom. The zero-order chi connectivity index (χ0) is 13.1. The van der Waals surface area contributed by atoms with E-state index in [1.807, 2.05) is 19.1 Å². The lowest BCUT2D eigenvalue weighted by molar-refractivity contribution is 0.0732. The van der Waals surface area contributed by atoms with E-state index in [1.54, 1.807) is 37.3 Å². The molecule has 0 aliphatic rings. The minimum Gasteiger partial charge on any atom is -0.508 e. The number of hydrogen-bond acceptors (Lipinski definition) is 3. The lowest BCUT2D eigenvalue weighted by atomic mass is 10.1. The molecule has 0 saturated heterocycles. The monoisotopic (exact) mass is 242 g/mol. The molecular weight excluding hydrogens is 228 g/mol. The fourth-order valence-corrected chi connectivity index (χ4v) is 1.67. The van der Waals surface area contributed by atoms with Gasteiger partial charge < -0.3 is 9.84 Å². The molecule has 3 heteroatoms. The van der Waals surface area contributed by atoms with E-state index in [9.17, 15) is 9.90 Å². The van der Waals surface area contributed by atoms with Gasteiger partial charge in [0.1, 0.15) is 11.5 Å². The number of esters is 1. The molecule has 1 N–H and O–H groups in total. The van der Waals surface area contributed by atoms with Crippen molar-refractivity contribution in [2.24, 2.45) is 0 Å². The first kappa shape index (κ1) is 12.2. The number of carbonyl (C=O) groups excluding carboxylic acids is 1. The number of aromatic hydroxyl groups is 1. The molecule has 0 atom stereocenters. The lowest BCUT2D eigenvalue weighted by Gasteiger charge is -2.09. The minimum atomic E-state index is -0.415. The second-order valence-electron chi connectivity index (χ2n) is 4.10. The highest BCUT2D eigenvalue weighted by atomic mass is 16.5. The first-order chi connectivity index (χ1) is 8.59. The van der Waals surface area contributed by atoms with Gasteiger partial charge in [0.15, 0.2) is 0 Å². The van der Waals surface area contributed by atoms with Crippen molar-refractivity contribution in [3.63, 3.8) is 0 Å². The van der Waals surface area contributed by atoms with Crippen molar-refractivity contribution in [1.29, 1.82) is 0 Å². The van der Waals surface area contributed by atoms with Crippen LogP contribution in [-0.4, -0.2) is 11.1 Å². The number of carbonyl (C=O) groups is 1. The van der Waals surface area contributed by atoms with Crippen molar-refractivity contribution in [3.8, 4) is 11.5 Å². The second kappa shape index (κ2) is 4.92. The maximum atomic E-state index is 12.0. The number of rotatable bonds is 2. The summed E-state index contributed by atoms with van der Waals surface area (Å²) in [6, 6.07) is 12.1. The van der Waals surface area contributed by atoms with E-state index in [0.29, 0.717) is 16.9 Å². The number of benzene rings is 2. The summed E-state index contributed by atoms with van der Waals surface area (Å²) in [5.74, 6) is 0.0788. The molecule has 0 aromatic heterocycles. The summed E-state index contributed by atoms with van der Waals surface area (Å²) in [5.41, 5.74) is 1.94. The van der Waals surface area contributed by atoms with Gasteiger partial charge in [-0.2, -0.15) is 0 Å². The summed E-state index contributed by atoms with van der Waals surface area (Å²) in [7, 11) is 0. The van der Waals surface area contributed by atoms with E-state index in [0.717, 1.165) is 5.56 Å². The van der Waals surface area contributed by atoms with E-state index in [2.05, 4.69) is 0 Å². The summed E-state index contributed by atoms with van der Waals surface area (Å²) in [5, 5.41) is 9.55. The Balaban J connectivity index is 2.27. The van der Waals surface area contributed by atoms with Gasteiger partial charge in [-0.15, -0.1) is 0 Å². The number of ether oxygens (including phenoxy) is 1. The van der Waals surface area contributed by atoms with Crippen LogP contribution in [0.2, 0.25) is 0 Å². The Hall–Kier alpha value is -2.29. The fraction of sp³-hybridized carbons (Fsp3) is 0.133. The average molecular weight is 242 g/mol. The normalized spacial score (nSPS) is 10.1. The smallest absolute Gasteiger partial charge is 0.343 e. The quantitative estimate of drug-likeness (QED) is 0.649. The second-order valence-corrected chi connectivity index (χ2v) is 4.10. The Kier molecular flexibility index (Phi) is 3.33. The third-order valence-corrected chi connectivity index (χ3v) is 2.82. The maximum Gasteiger partial charge on any atom is 0.343 e. The average Bonchev–Trinajstić information content (AvgIpc) is 2.35. The molecule has 0 aliphatic carbocycles. The van der Waals surface area contributed by atoms with Crippen molar-refractivity contribution >= 4 is 5.97 Å². The van der Waals surface area contributed by atoms with Crippen LogP contribution in [-0.2, 0) is 0 Å². The third-order valence-electron chi connectivity index (χ3n) is 2.82. The first-order valence-electron chi connectivity index (χ1n) is 5.66. The number of phenolic OH excluding ortho intramolecular Hbond substituents is 1. The SMILES string of the molecule is Cc1ccccc1C(=O)Oc1cccc(O)c1C. The highest BCUT2D eigenvalue weighted by molar-refractivity contribution is 5.92. The zero-order valence-corrected chi connectivity index (χ0v) is 10.3. The Labute approximate surface area is 106 Å². The van der Waals surface area contributed by atoms with Gasteiger partial charge in [0, 0.05) is 5.56 Å². The molecule has 0 aliphatic heterocycles. The highest BCUT2D eigenvalue weighted by Crippen LogP contribution is 2.26. The van der Waals surface area contributed by atoms with Gasteiger partial charge in [0.25, 0.3) is 0 Å². The van der Waals surface area contributed by atoms with Gasteiger partial charge >= 0.3 is 5.97 Å².